The summed E-state index contributed by atoms with van der Waals surface area (Å²) in [5.74, 6) is 0.938. The second-order valence-electron chi connectivity index (χ2n) is 5.79. The number of aromatic hydroxyl groups is 1. The van der Waals surface area contributed by atoms with Crippen LogP contribution in [0.4, 0.5) is 0 Å². The van der Waals surface area contributed by atoms with Crippen molar-refractivity contribution in [1.82, 2.24) is 14.8 Å². The zero-order valence-electron chi connectivity index (χ0n) is 14.2. The number of allylic oxidation sites excluding steroid dienone is 2. The molecule has 0 aliphatic carbocycles. The van der Waals surface area contributed by atoms with E-state index >= 15 is 0 Å². The number of hydrogen-bond acceptors (Lipinski definition) is 3. The average Bonchev–Trinajstić information content (AvgIpc) is 2.95. The Hall–Kier alpha value is -2.92. The largest absolute Gasteiger partial charge is 0.508 e. The van der Waals surface area contributed by atoms with Crippen LogP contribution in [0.1, 0.15) is 16.7 Å². The van der Waals surface area contributed by atoms with Crippen molar-refractivity contribution in [3.8, 4) is 22.8 Å². The molecule has 1 aromatic heterocycles. The number of aromatic nitrogens is 3. The van der Waals surface area contributed by atoms with Crippen LogP contribution in [0.25, 0.3) is 23.2 Å². The van der Waals surface area contributed by atoms with Gasteiger partial charge in [-0.3, -0.25) is 9.67 Å². The molecule has 0 atom stereocenters. The molecule has 3 rings (SSSR count). The zero-order chi connectivity index (χ0) is 18.0. The summed E-state index contributed by atoms with van der Waals surface area (Å²) in [4.78, 5) is 0. The third-order valence-electron chi connectivity index (χ3n) is 4.06. The van der Waals surface area contributed by atoms with E-state index in [0.717, 1.165) is 27.9 Å². The van der Waals surface area contributed by atoms with Crippen LogP contribution in [0, 0.1) is 18.6 Å². The van der Waals surface area contributed by atoms with E-state index in [1.54, 1.807) is 18.2 Å². The van der Waals surface area contributed by atoms with Gasteiger partial charge >= 0.3 is 0 Å². The highest BCUT2D eigenvalue weighted by Crippen LogP contribution is 2.29. The van der Waals surface area contributed by atoms with E-state index in [-0.39, 0.29) is 5.75 Å². The lowest BCUT2D eigenvalue weighted by molar-refractivity contribution is 0.475. The van der Waals surface area contributed by atoms with Gasteiger partial charge < -0.3 is 5.11 Å². The predicted molar refractivity (Wildman–Crippen MR) is 105 cm³/mol. The third kappa shape index (κ3) is 3.19. The van der Waals surface area contributed by atoms with Crippen molar-refractivity contribution < 1.29 is 5.11 Å². The van der Waals surface area contributed by atoms with Crippen molar-refractivity contribution in [3.63, 3.8) is 0 Å². The smallest absolute Gasteiger partial charge is 0.200 e. The monoisotopic (exact) mass is 349 g/mol. The minimum atomic E-state index is 0.229. The Morgan fingerprint density at radius 1 is 1.20 bits per heavy atom. The van der Waals surface area contributed by atoms with Crippen molar-refractivity contribution in [3.05, 3.63) is 76.6 Å². The van der Waals surface area contributed by atoms with Gasteiger partial charge in [-0.25, -0.2) is 0 Å². The summed E-state index contributed by atoms with van der Waals surface area (Å²) >= 11 is 5.49. The maximum Gasteiger partial charge on any atom is 0.200 e. The summed E-state index contributed by atoms with van der Waals surface area (Å²) in [5.41, 5.74) is 4.96. The number of nitrogens with one attached hydrogen (secondary N) is 1. The zero-order valence-corrected chi connectivity index (χ0v) is 15.0. The summed E-state index contributed by atoms with van der Waals surface area (Å²) in [6.07, 6.45) is 5.66. The summed E-state index contributed by atoms with van der Waals surface area (Å²) in [6.45, 7) is 7.74. The second-order valence-corrected chi connectivity index (χ2v) is 6.18. The molecule has 3 aromatic rings. The third-order valence-corrected chi connectivity index (χ3v) is 4.34. The summed E-state index contributed by atoms with van der Waals surface area (Å²) in [7, 11) is 0. The van der Waals surface area contributed by atoms with E-state index in [1.807, 2.05) is 41.8 Å². The van der Waals surface area contributed by atoms with Crippen molar-refractivity contribution >= 4 is 18.3 Å². The Bertz CT molecular complexity index is 1030. The van der Waals surface area contributed by atoms with Gasteiger partial charge in [-0.15, -0.1) is 0 Å². The molecule has 0 bridgehead atoms. The maximum atomic E-state index is 9.68. The number of phenols is 1. The molecule has 2 N–H and O–H groups in total. The van der Waals surface area contributed by atoms with Crippen LogP contribution in [-0.4, -0.2) is 19.9 Å². The molecule has 0 amide bonds. The molecule has 0 spiro atoms. The average molecular weight is 349 g/mol. The lowest BCUT2D eigenvalue weighted by Gasteiger charge is -2.13. The quantitative estimate of drug-likeness (QED) is 0.508. The minimum Gasteiger partial charge on any atom is -0.508 e. The van der Waals surface area contributed by atoms with Gasteiger partial charge in [0.1, 0.15) is 5.75 Å². The summed E-state index contributed by atoms with van der Waals surface area (Å²) in [5, 5.41) is 17.0. The fourth-order valence-electron chi connectivity index (χ4n) is 2.84. The molecule has 0 fully saturated rings. The molecule has 4 nitrogen and oxygen atoms in total. The normalized spacial score (nSPS) is 11.1. The van der Waals surface area contributed by atoms with Crippen LogP contribution in [0.3, 0.4) is 0 Å². The molecule has 0 radical (unpaired) electrons. The van der Waals surface area contributed by atoms with Crippen LogP contribution in [0.15, 0.2) is 55.1 Å². The van der Waals surface area contributed by atoms with Gasteiger partial charge in [0.25, 0.3) is 0 Å². The first kappa shape index (κ1) is 16.9. The number of benzene rings is 2. The first-order chi connectivity index (χ1) is 12.0. The lowest BCUT2D eigenvalue weighted by atomic mass is 10.0. The number of phenolic OH excluding ortho intramolecular Hbond substituents is 1. The van der Waals surface area contributed by atoms with E-state index in [9.17, 15) is 5.11 Å². The summed E-state index contributed by atoms with van der Waals surface area (Å²) in [6, 6.07) is 11.3. The van der Waals surface area contributed by atoms with Crippen LogP contribution >= 0.6 is 12.2 Å². The van der Waals surface area contributed by atoms with E-state index in [1.165, 1.54) is 0 Å². The minimum absolute atomic E-state index is 0.229. The van der Waals surface area contributed by atoms with E-state index < -0.39 is 0 Å². The second kappa shape index (κ2) is 6.91. The van der Waals surface area contributed by atoms with Crippen LogP contribution in [-0.2, 0) is 0 Å². The van der Waals surface area contributed by atoms with Crippen LogP contribution < -0.4 is 0 Å². The molecule has 1 heterocycles. The Morgan fingerprint density at radius 2 is 2.00 bits per heavy atom. The standard InChI is InChI=1S/C20H19N3OS/c1-4-5-8-16-13(2)7-6-9-18(16)23-19(21-22-20(23)25)17-11-10-15(24)12-14(17)3/h4-12,24H,1H2,2-3H3,(H,22,25)/b8-5-. The fourth-order valence-corrected chi connectivity index (χ4v) is 3.07. The van der Waals surface area contributed by atoms with Gasteiger partial charge in [0.2, 0.25) is 0 Å². The van der Waals surface area contributed by atoms with E-state index in [0.29, 0.717) is 10.6 Å². The molecule has 0 aliphatic rings. The SMILES string of the molecule is C=C/C=C\c1c(C)cccc1-n1c(-c2ccc(O)cc2C)n[nH]c1=S. The van der Waals surface area contributed by atoms with Gasteiger partial charge in [0.15, 0.2) is 10.6 Å². The number of aryl methyl sites for hydroxylation is 2. The number of rotatable bonds is 4. The molecule has 126 valence electrons. The first-order valence-electron chi connectivity index (χ1n) is 7.89. The van der Waals surface area contributed by atoms with Gasteiger partial charge in [0, 0.05) is 11.1 Å². The Labute approximate surface area is 151 Å². The molecular formula is C20H19N3OS. The van der Waals surface area contributed by atoms with Crippen LogP contribution in [0.2, 0.25) is 0 Å². The molecule has 0 unspecified atom stereocenters. The van der Waals surface area contributed by atoms with Crippen LogP contribution in [0.5, 0.6) is 5.75 Å². The van der Waals surface area contributed by atoms with Crippen molar-refractivity contribution in [2.45, 2.75) is 13.8 Å². The van der Waals surface area contributed by atoms with Gasteiger partial charge in [-0.05, 0) is 61.5 Å². The molecule has 0 aliphatic heterocycles. The van der Waals surface area contributed by atoms with E-state index in [2.05, 4.69) is 29.8 Å². The topological polar surface area (TPSA) is 53.8 Å². The highest BCUT2D eigenvalue weighted by Gasteiger charge is 2.15. The molecule has 0 saturated carbocycles. The summed E-state index contributed by atoms with van der Waals surface area (Å²) < 4.78 is 2.44. The Morgan fingerprint density at radius 3 is 2.72 bits per heavy atom. The molecule has 5 heteroatoms. The Kier molecular flexibility index (Phi) is 4.67. The molecular weight excluding hydrogens is 330 g/mol. The van der Waals surface area contributed by atoms with Crippen molar-refractivity contribution in [2.24, 2.45) is 0 Å². The van der Waals surface area contributed by atoms with Crippen molar-refractivity contribution in [1.29, 1.82) is 0 Å². The number of hydrogen-bond donors (Lipinski definition) is 2. The molecule has 0 saturated heterocycles. The van der Waals surface area contributed by atoms with Gasteiger partial charge in [-0.2, -0.15) is 5.10 Å². The van der Waals surface area contributed by atoms with Gasteiger partial charge in [-0.1, -0.05) is 36.9 Å². The number of aromatic amines is 1. The lowest BCUT2D eigenvalue weighted by Crippen LogP contribution is -2.02. The maximum absolute atomic E-state index is 9.68. The molecule has 2 aromatic carbocycles. The van der Waals surface area contributed by atoms with Gasteiger partial charge in [0.05, 0.1) is 5.69 Å². The number of nitrogens with zero attached hydrogens (tertiary/aromatic N) is 2. The van der Waals surface area contributed by atoms with Crippen molar-refractivity contribution in [2.75, 3.05) is 0 Å². The number of H-pyrrole nitrogens is 1. The highest BCUT2D eigenvalue weighted by molar-refractivity contribution is 7.71. The Balaban J connectivity index is 2.29. The predicted octanol–water partition coefficient (Wildman–Crippen LogP) is 5.12. The van der Waals surface area contributed by atoms with E-state index in [4.69, 9.17) is 12.2 Å². The molecule has 25 heavy (non-hydrogen) atoms. The first-order valence-corrected chi connectivity index (χ1v) is 8.30. The highest BCUT2D eigenvalue weighted by atomic mass is 32.1. The fraction of sp³-hybridized carbons (Fsp3) is 0.100.